The van der Waals surface area contributed by atoms with Crippen molar-refractivity contribution in [3.8, 4) is 28.3 Å². The molecule has 0 aliphatic heterocycles. The number of aromatic nitrogens is 1. The number of para-hydroxylation sites is 1. The predicted octanol–water partition coefficient (Wildman–Crippen LogP) is 6.53. The van der Waals surface area contributed by atoms with Crippen molar-refractivity contribution < 1.29 is 14.0 Å². The Hall–Kier alpha value is -3.03. The van der Waals surface area contributed by atoms with Crippen molar-refractivity contribution >= 4 is 34.2 Å². The van der Waals surface area contributed by atoms with E-state index < -0.39 is 5.76 Å². The first-order valence-electron chi connectivity index (χ1n) is 10.2. The molecule has 0 N–H and O–H groups in total. The van der Waals surface area contributed by atoms with Crippen molar-refractivity contribution in [2.24, 2.45) is 0 Å². The molecule has 5 nitrogen and oxygen atoms in total. The molecule has 0 fully saturated rings. The molecule has 1 aromatic carbocycles. The molecular formula is C25H23NO4S2. The molecule has 164 valence electrons. The predicted molar refractivity (Wildman–Crippen MR) is 130 cm³/mol. The van der Waals surface area contributed by atoms with E-state index in [0.717, 1.165) is 19.5 Å². The van der Waals surface area contributed by atoms with Crippen molar-refractivity contribution in [2.75, 3.05) is 0 Å². The molecule has 0 amide bonds. The summed E-state index contributed by atoms with van der Waals surface area (Å²) >= 11 is 3.01. The Morgan fingerprint density at radius 2 is 1.28 bits per heavy atom. The van der Waals surface area contributed by atoms with Gasteiger partial charge in [0, 0.05) is 41.8 Å². The fraction of sp³-hybridized carbons (Fsp3) is 0.240. The van der Waals surface area contributed by atoms with E-state index in [0.29, 0.717) is 39.4 Å². The Bertz CT molecular complexity index is 1430. The Balaban J connectivity index is 2.22. The van der Waals surface area contributed by atoms with Crippen LogP contribution in [0.25, 0.3) is 28.3 Å². The van der Waals surface area contributed by atoms with Gasteiger partial charge < -0.3 is 4.42 Å². The molecule has 32 heavy (non-hydrogen) atoms. The molecule has 0 spiro atoms. The Morgan fingerprint density at radius 3 is 1.81 bits per heavy atom. The average molecular weight is 466 g/mol. The van der Waals surface area contributed by atoms with Crippen LogP contribution in [0.5, 0.6) is 0 Å². The smallest absolute Gasteiger partial charge is 0.407 e. The summed E-state index contributed by atoms with van der Waals surface area (Å²) in [5.74, 6) is -0.398. The van der Waals surface area contributed by atoms with E-state index in [9.17, 15) is 14.4 Å². The zero-order valence-electron chi connectivity index (χ0n) is 18.8. The van der Waals surface area contributed by atoms with Crippen molar-refractivity contribution in [1.82, 2.24) is 4.57 Å². The Labute approximate surface area is 194 Å². The van der Waals surface area contributed by atoms with E-state index in [1.54, 1.807) is 0 Å². The molecule has 0 saturated carbocycles. The second-order valence-electron chi connectivity index (χ2n) is 7.76. The third-order valence-corrected chi connectivity index (χ3v) is 7.55. The highest BCUT2D eigenvalue weighted by atomic mass is 32.1. The molecule has 0 unspecified atom stereocenters. The summed E-state index contributed by atoms with van der Waals surface area (Å²) in [5, 5.41) is 0. The first-order valence-corrected chi connectivity index (χ1v) is 11.8. The van der Waals surface area contributed by atoms with Gasteiger partial charge in [-0.05, 0) is 53.7 Å². The molecule has 0 atom stereocenters. The van der Waals surface area contributed by atoms with Gasteiger partial charge in [0.15, 0.2) is 17.3 Å². The number of carbonyl (C=O) groups is 2. The first kappa shape index (κ1) is 22.2. The highest BCUT2D eigenvalue weighted by Crippen LogP contribution is 2.45. The molecule has 0 bridgehead atoms. The summed E-state index contributed by atoms with van der Waals surface area (Å²) in [7, 11) is 0. The van der Waals surface area contributed by atoms with Crippen LogP contribution in [0.1, 0.15) is 54.1 Å². The van der Waals surface area contributed by atoms with Gasteiger partial charge in [-0.25, -0.2) is 9.36 Å². The van der Waals surface area contributed by atoms with Crippen molar-refractivity contribution in [2.45, 2.75) is 41.5 Å². The van der Waals surface area contributed by atoms with Gasteiger partial charge in [0.05, 0.1) is 5.69 Å². The molecule has 7 heteroatoms. The number of carbonyl (C=O) groups excluding carboxylic acids is 2. The number of Topliss-reactive ketones (excluding diaryl/α,β-unsaturated/α-hetero) is 2. The Kier molecular flexibility index (Phi) is 5.65. The van der Waals surface area contributed by atoms with Gasteiger partial charge in [-0.15, -0.1) is 22.7 Å². The lowest BCUT2D eigenvalue weighted by molar-refractivity contribution is 0.100. The van der Waals surface area contributed by atoms with Gasteiger partial charge in [-0.1, -0.05) is 18.2 Å². The van der Waals surface area contributed by atoms with Gasteiger partial charge in [-0.3, -0.25) is 9.59 Å². The second-order valence-corrected chi connectivity index (χ2v) is 10.6. The first-order chi connectivity index (χ1) is 15.1. The normalized spacial score (nSPS) is 11.2. The molecule has 0 aliphatic rings. The summed E-state index contributed by atoms with van der Waals surface area (Å²) in [6.45, 7) is 10.7. The van der Waals surface area contributed by atoms with E-state index in [2.05, 4.69) is 0 Å². The minimum absolute atomic E-state index is 0.0777. The number of oxazole rings is 1. The van der Waals surface area contributed by atoms with Crippen LogP contribution >= 0.6 is 22.7 Å². The van der Waals surface area contributed by atoms with E-state index in [1.165, 1.54) is 41.1 Å². The molecule has 3 heterocycles. The number of nitrogens with zero attached hydrogens (tertiary/aromatic N) is 1. The van der Waals surface area contributed by atoms with Crippen LogP contribution in [0.15, 0.2) is 39.5 Å². The monoisotopic (exact) mass is 465 g/mol. The summed E-state index contributed by atoms with van der Waals surface area (Å²) in [4.78, 5) is 42.0. The maximum absolute atomic E-state index is 13.2. The third-order valence-electron chi connectivity index (χ3n) is 5.51. The molecule has 0 saturated heterocycles. The summed E-state index contributed by atoms with van der Waals surface area (Å²) < 4.78 is 7.39. The van der Waals surface area contributed by atoms with Crippen LogP contribution in [0, 0.1) is 27.7 Å². The summed E-state index contributed by atoms with van der Waals surface area (Å²) in [6, 6.07) is 9.21. The number of thiophene rings is 2. The van der Waals surface area contributed by atoms with Crippen LogP contribution in [-0.4, -0.2) is 16.1 Å². The van der Waals surface area contributed by atoms with Crippen LogP contribution in [0.3, 0.4) is 0 Å². The SMILES string of the molecule is CC(=O)c1c(C)sc(C)c1-c1oc(=O)n(-c2ccccc2)c1-c1c(C)sc(C)c1C(C)=O. The molecular weight excluding hydrogens is 442 g/mol. The fourth-order valence-electron chi connectivity index (χ4n) is 4.35. The van der Waals surface area contributed by atoms with Crippen LogP contribution in [0.4, 0.5) is 0 Å². The minimum Gasteiger partial charge on any atom is -0.407 e. The molecule has 4 rings (SSSR count). The topological polar surface area (TPSA) is 69.3 Å². The maximum atomic E-state index is 13.2. The maximum Gasteiger partial charge on any atom is 0.424 e. The van der Waals surface area contributed by atoms with E-state index in [4.69, 9.17) is 4.42 Å². The lowest BCUT2D eigenvalue weighted by Crippen LogP contribution is -2.13. The van der Waals surface area contributed by atoms with Crippen LogP contribution in [0.2, 0.25) is 0 Å². The molecule has 3 aromatic heterocycles. The zero-order valence-corrected chi connectivity index (χ0v) is 20.4. The van der Waals surface area contributed by atoms with Crippen molar-refractivity contribution in [1.29, 1.82) is 0 Å². The van der Waals surface area contributed by atoms with E-state index >= 15 is 0 Å². The average Bonchev–Trinajstić information content (AvgIpc) is 3.31. The highest BCUT2D eigenvalue weighted by molar-refractivity contribution is 7.13. The number of hydrogen-bond donors (Lipinski definition) is 0. The standard InChI is InChI=1S/C25H23NO4S2/c1-12(27)19-14(3)31-16(5)21(19)23-24(22-17(6)32-15(4)20(22)13(2)28)30-25(29)26(23)18-10-8-7-9-11-18/h7-11H,1-6H3. The highest BCUT2D eigenvalue weighted by Gasteiger charge is 2.32. The number of ketones is 2. The van der Waals surface area contributed by atoms with Crippen molar-refractivity contribution in [3.05, 3.63) is 71.5 Å². The lowest BCUT2D eigenvalue weighted by atomic mass is 9.96. The molecule has 4 aromatic rings. The van der Waals surface area contributed by atoms with E-state index in [-0.39, 0.29) is 11.6 Å². The number of aryl methyl sites for hydroxylation is 4. The minimum atomic E-state index is -0.559. The van der Waals surface area contributed by atoms with Gasteiger partial charge >= 0.3 is 5.76 Å². The quantitative estimate of drug-likeness (QED) is 0.314. The van der Waals surface area contributed by atoms with Gasteiger partial charge in [0.25, 0.3) is 0 Å². The van der Waals surface area contributed by atoms with Crippen molar-refractivity contribution in [3.63, 3.8) is 0 Å². The summed E-state index contributed by atoms with van der Waals surface area (Å²) in [6.07, 6.45) is 0. The summed E-state index contributed by atoms with van der Waals surface area (Å²) in [5.41, 5.74) is 3.58. The molecule has 0 radical (unpaired) electrons. The fourth-order valence-corrected chi connectivity index (χ4v) is 6.57. The lowest BCUT2D eigenvalue weighted by Gasteiger charge is -2.11. The largest absolute Gasteiger partial charge is 0.424 e. The van der Waals surface area contributed by atoms with Crippen LogP contribution < -0.4 is 5.76 Å². The number of hydrogen-bond acceptors (Lipinski definition) is 6. The van der Waals surface area contributed by atoms with Gasteiger partial charge in [0.1, 0.15) is 5.69 Å². The molecule has 0 aliphatic carbocycles. The van der Waals surface area contributed by atoms with E-state index in [1.807, 2.05) is 58.0 Å². The zero-order chi connectivity index (χ0) is 23.3. The third kappa shape index (κ3) is 3.42. The van der Waals surface area contributed by atoms with Crippen LogP contribution in [-0.2, 0) is 0 Å². The van der Waals surface area contributed by atoms with Gasteiger partial charge in [0.2, 0.25) is 0 Å². The van der Waals surface area contributed by atoms with Gasteiger partial charge in [-0.2, -0.15) is 0 Å². The second kappa shape index (κ2) is 8.15. The number of benzene rings is 1. The number of rotatable bonds is 5. The Morgan fingerprint density at radius 1 is 0.781 bits per heavy atom.